The molecule has 7 heteroatoms. The number of rotatable bonds is 6. The molecule has 1 aromatic heterocycles. The van der Waals surface area contributed by atoms with Gasteiger partial charge < -0.3 is 5.11 Å². The Morgan fingerprint density at radius 3 is 2.42 bits per heavy atom. The predicted octanol–water partition coefficient (Wildman–Crippen LogP) is 5.18. The molecule has 4 aromatic rings. The number of hydrogen-bond acceptors (Lipinski definition) is 4. The number of aliphatic hydroxyl groups is 1. The summed E-state index contributed by atoms with van der Waals surface area (Å²) in [6.07, 6.45) is 3.08. The van der Waals surface area contributed by atoms with Gasteiger partial charge in [0, 0.05) is 18.0 Å². The molecule has 0 fully saturated rings. The van der Waals surface area contributed by atoms with Gasteiger partial charge in [-0.2, -0.15) is 5.10 Å². The van der Waals surface area contributed by atoms with Gasteiger partial charge in [-0.3, -0.25) is 0 Å². The van der Waals surface area contributed by atoms with Gasteiger partial charge in [-0.25, -0.2) is 17.5 Å². The standard InChI is InChI=1S/C24H19FN2O3S/c1-17(28)22-10-8-19(18-6-3-2-4-7-18)14-20(22)16-31(29,30)21-9-11-24(23(25)15-21)27-13-5-12-26-27/h2-15,28H,1,16H2. The van der Waals surface area contributed by atoms with Crippen LogP contribution in [0.3, 0.4) is 0 Å². The Hall–Kier alpha value is -3.71. The number of aliphatic hydroxyl groups excluding tert-OH is 1. The normalized spacial score (nSPS) is 11.4. The number of hydrogen-bond donors (Lipinski definition) is 1. The molecule has 0 saturated heterocycles. The number of aromatic nitrogens is 2. The third-order valence-corrected chi connectivity index (χ3v) is 6.56. The maximum absolute atomic E-state index is 14.6. The second-order valence-corrected chi connectivity index (χ2v) is 9.00. The molecular weight excluding hydrogens is 415 g/mol. The molecule has 31 heavy (non-hydrogen) atoms. The van der Waals surface area contributed by atoms with Crippen molar-refractivity contribution in [3.05, 3.63) is 109 Å². The maximum Gasteiger partial charge on any atom is 0.182 e. The van der Waals surface area contributed by atoms with Gasteiger partial charge in [-0.1, -0.05) is 49.0 Å². The van der Waals surface area contributed by atoms with Gasteiger partial charge in [0.15, 0.2) is 9.84 Å². The van der Waals surface area contributed by atoms with Crippen molar-refractivity contribution in [3.8, 4) is 16.8 Å². The Morgan fingerprint density at radius 1 is 1.00 bits per heavy atom. The molecule has 0 aliphatic heterocycles. The van der Waals surface area contributed by atoms with E-state index in [1.54, 1.807) is 30.5 Å². The summed E-state index contributed by atoms with van der Waals surface area (Å²) >= 11 is 0. The molecule has 0 unspecified atom stereocenters. The minimum absolute atomic E-state index is 0.152. The number of benzene rings is 3. The largest absolute Gasteiger partial charge is 0.508 e. The Labute approximate surface area is 179 Å². The van der Waals surface area contributed by atoms with Crippen molar-refractivity contribution in [1.82, 2.24) is 9.78 Å². The molecule has 0 aliphatic carbocycles. The van der Waals surface area contributed by atoms with Crippen molar-refractivity contribution >= 4 is 15.6 Å². The van der Waals surface area contributed by atoms with Gasteiger partial charge in [0.25, 0.3) is 0 Å². The van der Waals surface area contributed by atoms with E-state index in [1.165, 1.54) is 23.0 Å². The highest BCUT2D eigenvalue weighted by Crippen LogP contribution is 2.29. The van der Waals surface area contributed by atoms with E-state index in [4.69, 9.17) is 0 Å². The van der Waals surface area contributed by atoms with E-state index >= 15 is 0 Å². The lowest BCUT2D eigenvalue weighted by atomic mass is 9.99. The molecular formula is C24H19FN2O3S. The molecule has 0 bridgehead atoms. The van der Waals surface area contributed by atoms with Crippen molar-refractivity contribution in [3.63, 3.8) is 0 Å². The summed E-state index contributed by atoms with van der Waals surface area (Å²) in [5.74, 6) is -1.34. The summed E-state index contributed by atoms with van der Waals surface area (Å²) in [6.45, 7) is 3.54. The molecule has 0 atom stereocenters. The third-order valence-electron chi connectivity index (χ3n) is 4.90. The van der Waals surface area contributed by atoms with Crippen LogP contribution in [-0.2, 0) is 15.6 Å². The van der Waals surface area contributed by atoms with Crippen LogP contribution in [0.25, 0.3) is 22.6 Å². The Bertz CT molecular complexity index is 1350. The van der Waals surface area contributed by atoms with Crippen LogP contribution in [0, 0.1) is 5.82 Å². The summed E-state index contributed by atoms with van der Waals surface area (Å²) in [5, 5.41) is 13.9. The van der Waals surface area contributed by atoms with Crippen molar-refractivity contribution in [1.29, 1.82) is 0 Å². The first kappa shape index (κ1) is 20.6. The van der Waals surface area contributed by atoms with Gasteiger partial charge in [-0.15, -0.1) is 0 Å². The van der Waals surface area contributed by atoms with Crippen LogP contribution in [-0.4, -0.2) is 23.3 Å². The first-order chi connectivity index (χ1) is 14.8. The van der Waals surface area contributed by atoms with E-state index in [0.29, 0.717) is 11.1 Å². The molecule has 156 valence electrons. The van der Waals surface area contributed by atoms with Gasteiger partial charge in [0.2, 0.25) is 0 Å². The van der Waals surface area contributed by atoms with Gasteiger partial charge in [-0.05, 0) is 47.0 Å². The van der Waals surface area contributed by atoms with Crippen LogP contribution in [0.4, 0.5) is 4.39 Å². The van der Waals surface area contributed by atoms with Crippen molar-refractivity contribution in [2.24, 2.45) is 0 Å². The summed E-state index contributed by atoms with van der Waals surface area (Å²) in [4.78, 5) is -0.152. The van der Waals surface area contributed by atoms with E-state index in [2.05, 4.69) is 11.7 Å². The molecule has 0 spiro atoms. The zero-order valence-electron chi connectivity index (χ0n) is 16.4. The molecule has 1 heterocycles. The molecule has 4 rings (SSSR count). The number of halogens is 1. The molecule has 3 aromatic carbocycles. The van der Waals surface area contributed by atoms with Crippen LogP contribution in [0.2, 0.25) is 0 Å². The summed E-state index contributed by atoms with van der Waals surface area (Å²) < 4.78 is 42.1. The second-order valence-electron chi connectivity index (χ2n) is 7.01. The number of sulfone groups is 1. The minimum atomic E-state index is -3.90. The second kappa shape index (κ2) is 8.20. The van der Waals surface area contributed by atoms with Crippen molar-refractivity contribution < 1.29 is 17.9 Å². The quantitative estimate of drug-likeness (QED) is 0.425. The first-order valence-electron chi connectivity index (χ1n) is 9.44. The molecule has 5 nitrogen and oxygen atoms in total. The van der Waals surface area contributed by atoms with E-state index in [9.17, 15) is 17.9 Å². The zero-order chi connectivity index (χ0) is 22.0. The molecule has 0 saturated carbocycles. The van der Waals surface area contributed by atoms with Gasteiger partial charge in [0.1, 0.15) is 17.3 Å². The highest BCUT2D eigenvalue weighted by Gasteiger charge is 2.21. The van der Waals surface area contributed by atoms with Crippen molar-refractivity contribution in [2.45, 2.75) is 10.6 Å². The summed E-state index contributed by atoms with van der Waals surface area (Å²) in [7, 11) is -3.90. The zero-order valence-corrected chi connectivity index (χ0v) is 17.3. The van der Waals surface area contributed by atoms with Crippen LogP contribution < -0.4 is 0 Å². The van der Waals surface area contributed by atoms with E-state index in [1.807, 2.05) is 30.3 Å². The van der Waals surface area contributed by atoms with Crippen LogP contribution in [0.1, 0.15) is 11.1 Å². The lowest BCUT2D eigenvalue weighted by Gasteiger charge is -2.13. The van der Waals surface area contributed by atoms with Crippen LogP contribution >= 0.6 is 0 Å². The Kier molecular flexibility index (Phi) is 5.44. The first-order valence-corrected chi connectivity index (χ1v) is 11.1. The van der Waals surface area contributed by atoms with Crippen molar-refractivity contribution in [2.75, 3.05) is 0 Å². The monoisotopic (exact) mass is 434 g/mol. The molecule has 0 radical (unpaired) electrons. The SMILES string of the molecule is C=C(O)c1ccc(-c2ccccc2)cc1CS(=O)(=O)c1ccc(-n2cccn2)c(F)c1. The summed E-state index contributed by atoms with van der Waals surface area (Å²) in [5.41, 5.74) is 2.57. The molecule has 1 N–H and O–H groups in total. The Morgan fingerprint density at radius 2 is 1.77 bits per heavy atom. The minimum Gasteiger partial charge on any atom is -0.508 e. The highest BCUT2D eigenvalue weighted by atomic mass is 32.2. The predicted molar refractivity (Wildman–Crippen MR) is 118 cm³/mol. The molecule has 0 amide bonds. The highest BCUT2D eigenvalue weighted by molar-refractivity contribution is 7.90. The average molecular weight is 434 g/mol. The fraction of sp³-hybridized carbons (Fsp3) is 0.0417. The van der Waals surface area contributed by atoms with E-state index < -0.39 is 21.4 Å². The van der Waals surface area contributed by atoms with Crippen LogP contribution in [0.15, 0.2) is 96.7 Å². The van der Waals surface area contributed by atoms with Gasteiger partial charge in [0.05, 0.1) is 10.6 Å². The fourth-order valence-electron chi connectivity index (χ4n) is 3.37. The maximum atomic E-state index is 14.6. The fourth-order valence-corrected chi connectivity index (χ4v) is 4.74. The van der Waals surface area contributed by atoms with E-state index in [0.717, 1.165) is 17.2 Å². The third kappa shape index (κ3) is 4.27. The summed E-state index contributed by atoms with van der Waals surface area (Å²) in [6, 6.07) is 20.0. The van der Waals surface area contributed by atoms with Crippen LogP contribution in [0.5, 0.6) is 0 Å². The number of nitrogens with zero attached hydrogens (tertiary/aromatic N) is 2. The Balaban J connectivity index is 1.72. The van der Waals surface area contributed by atoms with Gasteiger partial charge >= 0.3 is 0 Å². The lowest BCUT2D eigenvalue weighted by Crippen LogP contribution is -2.09. The topological polar surface area (TPSA) is 72.2 Å². The average Bonchev–Trinajstić information content (AvgIpc) is 3.28. The lowest BCUT2D eigenvalue weighted by molar-refractivity contribution is 0.513. The smallest absolute Gasteiger partial charge is 0.182 e. The molecule has 0 aliphatic rings. The van der Waals surface area contributed by atoms with E-state index in [-0.39, 0.29) is 16.3 Å².